The fourth-order valence-electron chi connectivity index (χ4n) is 2.75. The van der Waals surface area contributed by atoms with Crippen LogP contribution >= 0.6 is 11.3 Å². The molecule has 1 aliphatic rings. The SMILES string of the molecule is CC(N)c1nc(C(=O)NCC2(N(C)C)CCCC2)cs1. The average molecular weight is 296 g/mol. The van der Waals surface area contributed by atoms with Gasteiger partial charge in [-0.2, -0.15) is 0 Å². The van der Waals surface area contributed by atoms with Crippen LogP contribution in [0.1, 0.15) is 54.1 Å². The van der Waals surface area contributed by atoms with Gasteiger partial charge in [-0.25, -0.2) is 4.98 Å². The minimum Gasteiger partial charge on any atom is -0.349 e. The molecule has 1 amide bonds. The molecule has 3 N–H and O–H groups in total. The predicted octanol–water partition coefficient (Wildman–Crippen LogP) is 1.77. The molecule has 6 heteroatoms. The topological polar surface area (TPSA) is 71.2 Å². The van der Waals surface area contributed by atoms with Crippen molar-refractivity contribution in [2.45, 2.75) is 44.2 Å². The Morgan fingerprint density at radius 3 is 2.70 bits per heavy atom. The van der Waals surface area contributed by atoms with Gasteiger partial charge in [-0.3, -0.25) is 4.79 Å². The van der Waals surface area contributed by atoms with Crippen molar-refractivity contribution in [3.63, 3.8) is 0 Å². The highest BCUT2D eigenvalue weighted by Gasteiger charge is 2.36. The molecule has 0 aliphatic heterocycles. The summed E-state index contributed by atoms with van der Waals surface area (Å²) in [6.07, 6.45) is 4.75. The minimum atomic E-state index is -0.121. The van der Waals surface area contributed by atoms with Crippen molar-refractivity contribution < 1.29 is 4.79 Å². The maximum atomic E-state index is 12.2. The van der Waals surface area contributed by atoms with E-state index in [-0.39, 0.29) is 17.5 Å². The number of likely N-dealkylation sites (N-methyl/N-ethyl adjacent to an activating group) is 1. The van der Waals surface area contributed by atoms with E-state index in [4.69, 9.17) is 5.73 Å². The number of rotatable bonds is 5. The summed E-state index contributed by atoms with van der Waals surface area (Å²) in [5, 5.41) is 5.62. The van der Waals surface area contributed by atoms with E-state index in [2.05, 4.69) is 29.3 Å². The first-order chi connectivity index (χ1) is 9.44. The number of carbonyl (C=O) groups excluding carboxylic acids is 1. The predicted molar refractivity (Wildman–Crippen MR) is 81.9 cm³/mol. The van der Waals surface area contributed by atoms with E-state index in [1.807, 2.05) is 6.92 Å². The molecule has 1 aromatic heterocycles. The van der Waals surface area contributed by atoms with Crippen LogP contribution in [-0.2, 0) is 0 Å². The van der Waals surface area contributed by atoms with Gasteiger partial charge in [0.05, 0.1) is 6.04 Å². The van der Waals surface area contributed by atoms with E-state index in [1.165, 1.54) is 24.2 Å². The summed E-state index contributed by atoms with van der Waals surface area (Å²) >= 11 is 1.44. The zero-order valence-electron chi connectivity index (χ0n) is 12.5. The Morgan fingerprint density at radius 1 is 1.55 bits per heavy atom. The third-order valence-corrected chi connectivity index (χ3v) is 5.25. The van der Waals surface area contributed by atoms with Crippen LogP contribution in [0.15, 0.2) is 5.38 Å². The van der Waals surface area contributed by atoms with E-state index in [9.17, 15) is 4.79 Å². The van der Waals surface area contributed by atoms with Crippen LogP contribution in [0.2, 0.25) is 0 Å². The quantitative estimate of drug-likeness (QED) is 0.868. The summed E-state index contributed by atoms with van der Waals surface area (Å²) in [7, 11) is 4.18. The van der Waals surface area contributed by atoms with Crippen molar-refractivity contribution in [2.75, 3.05) is 20.6 Å². The number of carbonyl (C=O) groups is 1. The van der Waals surface area contributed by atoms with Gasteiger partial charge in [0, 0.05) is 17.5 Å². The van der Waals surface area contributed by atoms with Crippen molar-refractivity contribution in [1.82, 2.24) is 15.2 Å². The Morgan fingerprint density at radius 2 is 2.20 bits per heavy atom. The molecule has 0 aromatic carbocycles. The first kappa shape index (κ1) is 15.4. The molecule has 1 saturated carbocycles. The van der Waals surface area contributed by atoms with Gasteiger partial charge in [0.15, 0.2) is 0 Å². The molecule has 1 atom stereocenters. The lowest BCUT2D eigenvalue weighted by Crippen LogP contribution is -2.50. The third-order valence-electron chi connectivity index (χ3n) is 4.21. The molecular weight excluding hydrogens is 272 g/mol. The Kier molecular flexibility index (Phi) is 4.78. The van der Waals surface area contributed by atoms with Crippen molar-refractivity contribution in [1.29, 1.82) is 0 Å². The second kappa shape index (κ2) is 6.20. The largest absolute Gasteiger partial charge is 0.349 e. The molecule has 1 aromatic rings. The highest BCUT2D eigenvalue weighted by molar-refractivity contribution is 7.09. The highest BCUT2D eigenvalue weighted by Crippen LogP contribution is 2.33. The van der Waals surface area contributed by atoms with E-state index < -0.39 is 0 Å². The first-order valence-electron chi connectivity index (χ1n) is 7.11. The van der Waals surface area contributed by atoms with Crippen LogP contribution < -0.4 is 11.1 Å². The van der Waals surface area contributed by atoms with Gasteiger partial charge < -0.3 is 16.0 Å². The Labute approximate surface area is 124 Å². The van der Waals surface area contributed by atoms with Gasteiger partial charge >= 0.3 is 0 Å². The average Bonchev–Trinajstić information content (AvgIpc) is 3.06. The molecular formula is C14H24N4OS. The zero-order chi connectivity index (χ0) is 14.8. The molecule has 1 fully saturated rings. The third kappa shape index (κ3) is 3.19. The molecule has 112 valence electrons. The van der Waals surface area contributed by atoms with Crippen LogP contribution in [0.5, 0.6) is 0 Å². The van der Waals surface area contributed by atoms with Crippen LogP contribution in [0, 0.1) is 0 Å². The maximum absolute atomic E-state index is 12.2. The van der Waals surface area contributed by atoms with E-state index >= 15 is 0 Å². The summed E-state index contributed by atoms with van der Waals surface area (Å²) in [5.74, 6) is -0.0960. The van der Waals surface area contributed by atoms with Gasteiger partial charge in [0.25, 0.3) is 5.91 Å². The summed E-state index contributed by atoms with van der Waals surface area (Å²) in [6, 6.07) is -0.121. The Bertz CT molecular complexity index is 463. The van der Waals surface area contributed by atoms with E-state index in [0.29, 0.717) is 12.2 Å². The molecule has 1 unspecified atom stereocenters. The van der Waals surface area contributed by atoms with Crippen LogP contribution in [0.25, 0.3) is 0 Å². The van der Waals surface area contributed by atoms with Crippen molar-refractivity contribution in [2.24, 2.45) is 5.73 Å². The van der Waals surface area contributed by atoms with Gasteiger partial charge in [-0.1, -0.05) is 12.8 Å². The lowest BCUT2D eigenvalue weighted by molar-refractivity contribution is 0.0895. The van der Waals surface area contributed by atoms with Crippen LogP contribution in [0.4, 0.5) is 0 Å². The normalized spacial score (nSPS) is 19.2. The number of hydrogen-bond donors (Lipinski definition) is 2. The number of hydrogen-bond acceptors (Lipinski definition) is 5. The van der Waals surface area contributed by atoms with Crippen molar-refractivity contribution >= 4 is 17.2 Å². The molecule has 0 saturated heterocycles. The van der Waals surface area contributed by atoms with Crippen molar-refractivity contribution in [3.8, 4) is 0 Å². The molecule has 5 nitrogen and oxygen atoms in total. The number of amides is 1. The van der Waals surface area contributed by atoms with E-state index in [0.717, 1.165) is 17.8 Å². The van der Waals surface area contributed by atoms with Crippen LogP contribution in [0.3, 0.4) is 0 Å². The van der Waals surface area contributed by atoms with Gasteiger partial charge in [0.1, 0.15) is 10.7 Å². The zero-order valence-corrected chi connectivity index (χ0v) is 13.3. The fraction of sp³-hybridized carbons (Fsp3) is 0.714. The monoisotopic (exact) mass is 296 g/mol. The Hall–Kier alpha value is -0.980. The standard InChI is InChI=1S/C14H24N4OS/c1-10(15)13-17-11(8-20-13)12(19)16-9-14(18(2)3)6-4-5-7-14/h8,10H,4-7,9,15H2,1-3H3,(H,16,19). The van der Waals surface area contributed by atoms with Crippen LogP contribution in [-0.4, -0.2) is 42.0 Å². The minimum absolute atomic E-state index is 0.0960. The first-order valence-corrected chi connectivity index (χ1v) is 7.99. The lowest BCUT2D eigenvalue weighted by Gasteiger charge is -2.36. The molecule has 1 aliphatic carbocycles. The fourth-order valence-corrected chi connectivity index (χ4v) is 3.51. The summed E-state index contributed by atoms with van der Waals surface area (Å²) < 4.78 is 0. The highest BCUT2D eigenvalue weighted by atomic mass is 32.1. The second-order valence-corrected chi connectivity index (χ2v) is 6.76. The number of aromatic nitrogens is 1. The summed E-state index contributed by atoms with van der Waals surface area (Å²) in [4.78, 5) is 18.7. The number of nitrogens with one attached hydrogen (secondary N) is 1. The number of nitrogens with two attached hydrogens (primary N) is 1. The van der Waals surface area contributed by atoms with Gasteiger partial charge in [0.2, 0.25) is 0 Å². The molecule has 0 bridgehead atoms. The molecule has 0 radical (unpaired) electrons. The molecule has 20 heavy (non-hydrogen) atoms. The second-order valence-electron chi connectivity index (χ2n) is 5.87. The molecule has 0 spiro atoms. The van der Waals surface area contributed by atoms with Crippen molar-refractivity contribution in [3.05, 3.63) is 16.1 Å². The summed E-state index contributed by atoms with van der Waals surface area (Å²) in [5.41, 5.74) is 6.36. The number of thiazole rings is 1. The lowest BCUT2D eigenvalue weighted by atomic mass is 9.96. The maximum Gasteiger partial charge on any atom is 0.270 e. The number of nitrogens with zero attached hydrogens (tertiary/aromatic N) is 2. The Balaban J connectivity index is 1.97. The van der Waals surface area contributed by atoms with Gasteiger partial charge in [-0.05, 0) is 33.9 Å². The smallest absolute Gasteiger partial charge is 0.270 e. The van der Waals surface area contributed by atoms with E-state index in [1.54, 1.807) is 5.38 Å². The summed E-state index contributed by atoms with van der Waals surface area (Å²) in [6.45, 7) is 2.56. The van der Waals surface area contributed by atoms with Gasteiger partial charge in [-0.15, -0.1) is 11.3 Å². The molecule has 1 heterocycles. The molecule has 2 rings (SSSR count).